The van der Waals surface area contributed by atoms with Crippen LogP contribution in [0.3, 0.4) is 0 Å². The summed E-state index contributed by atoms with van der Waals surface area (Å²) < 4.78 is 0. The van der Waals surface area contributed by atoms with Crippen LogP contribution < -0.4 is 0 Å². The molecule has 2 aromatic heterocycles. The number of benzene rings is 2. The van der Waals surface area contributed by atoms with Gasteiger partial charge < -0.3 is 0 Å². The largest absolute Gasteiger partial charge is 0.247 e. The number of aromatic nitrogens is 1. The fraction of sp³-hybridized carbons (Fsp3) is 0. The molecule has 2 heterocycles. The zero-order valence-corrected chi connectivity index (χ0v) is 12.2. The lowest BCUT2D eigenvalue weighted by Crippen LogP contribution is -1.90. The van der Waals surface area contributed by atoms with E-state index in [4.69, 9.17) is 4.98 Å². The molecule has 2 aromatic carbocycles. The molecule has 4 rings (SSSR count). The second kappa shape index (κ2) is 5.15. The van der Waals surface area contributed by atoms with E-state index in [0.29, 0.717) is 0 Å². The van der Waals surface area contributed by atoms with Gasteiger partial charge in [0.1, 0.15) is 0 Å². The molecule has 21 heavy (non-hydrogen) atoms. The van der Waals surface area contributed by atoms with Gasteiger partial charge in [-0.15, -0.1) is 0 Å². The van der Waals surface area contributed by atoms with Crippen molar-refractivity contribution in [2.75, 3.05) is 0 Å². The molecule has 0 atom stereocenters. The van der Waals surface area contributed by atoms with E-state index in [2.05, 4.69) is 65.4 Å². The van der Waals surface area contributed by atoms with Gasteiger partial charge in [0.2, 0.25) is 0 Å². The molecule has 0 bridgehead atoms. The van der Waals surface area contributed by atoms with E-state index < -0.39 is 0 Å². The Morgan fingerprint density at radius 1 is 0.762 bits per heavy atom. The molecule has 0 fully saturated rings. The quantitative estimate of drug-likeness (QED) is 0.465. The molecule has 0 aliphatic carbocycles. The Morgan fingerprint density at radius 2 is 1.57 bits per heavy atom. The monoisotopic (exact) mass is 287 g/mol. The molecule has 2 heteroatoms. The van der Waals surface area contributed by atoms with Crippen molar-refractivity contribution in [3.63, 3.8) is 0 Å². The number of fused-ring (bicyclic) bond motifs is 1. The van der Waals surface area contributed by atoms with Crippen LogP contribution in [0.5, 0.6) is 0 Å². The van der Waals surface area contributed by atoms with Crippen molar-refractivity contribution < 1.29 is 0 Å². The van der Waals surface area contributed by atoms with Crippen molar-refractivity contribution in [2.45, 2.75) is 0 Å². The number of rotatable bonds is 2. The van der Waals surface area contributed by atoms with E-state index in [-0.39, 0.29) is 0 Å². The Hall–Kier alpha value is -2.45. The lowest BCUT2D eigenvalue weighted by Gasteiger charge is -2.10. The van der Waals surface area contributed by atoms with Gasteiger partial charge in [-0.2, -0.15) is 11.3 Å². The summed E-state index contributed by atoms with van der Waals surface area (Å²) in [6.45, 7) is 0. The first-order valence-corrected chi connectivity index (χ1v) is 7.84. The smallest absolute Gasteiger partial charge is 0.0796 e. The first-order valence-electron chi connectivity index (χ1n) is 6.89. The van der Waals surface area contributed by atoms with E-state index in [0.717, 1.165) is 11.2 Å². The van der Waals surface area contributed by atoms with Crippen LogP contribution in [-0.2, 0) is 0 Å². The molecule has 4 aromatic rings. The van der Waals surface area contributed by atoms with Crippen LogP contribution >= 0.6 is 11.3 Å². The highest BCUT2D eigenvalue weighted by Crippen LogP contribution is 2.34. The molecule has 100 valence electrons. The van der Waals surface area contributed by atoms with Crippen molar-refractivity contribution in [2.24, 2.45) is 0 Å². The standard InChI is InChI=1S/C19H13NS/c1-2-6-14(7-3-1)17-12-15-8-4-5-9-18(15)20-19(17)16-10-11-21-13-16/h1-13H. The average Bonchev–Trinajstić information content (AvgIpc) is 3.09. The van der Waals surface area contributed by atoms with Crippen LogP contribution in [0.4, 0.5) is 0 Å². The predicted molar refractivity (Wildman–Crippen MR) is 90.5 cm³/mol. The predicted octanol–water partition coefficient (Wildman–Crippen LogP) is 5.63. The van der Waals surface area contributed by atoms with Crippen molar-refractivity contribution >= 4 is 22.2 Å². The molecule has 0 spiro atoms. The maximum Gasteiger partial charge on any atom is 0.0796 e. The fourth-order valence-corrected chi connectivity index (χ4v) is 3.21. The molecule has 0 saturated heterocycles. The summed E-state index contributed by atoms with van der Waals surface area (Å²) in [6, 6.07) is 23.1. The average molecular weight is 287 g/mol. The van der Waals surface area contributed by atoms with Gasteiger partial charge in [0.15, 0.2) is 0 Å². The van der Waals surface area contributed by atoms with Crippen LogP contribution in [0.25, 0.3) is 33.3 Å². The van der Waals surface area contributed by atoms with E-state index >= 15 is 0 Å². The van der Waals surface area contributed by atoms with Gasteiger partial charge in [0.25, 0.3) is 0 Å². The third-order valence-electron chi connectivity index (χ3n) is 3.60. The fourth-order valence-electron chi connectivity index (χ4n) is 2.57. The third-order valence-corrected chi connectivity index (χ3v) is 4.29. The Kier molecular flexibility index (Phi) is 3.02. The molecule has 0 radical (unpaired) electrons. The Bertz CT molecular complexity index is 880. The zero-order chi connectivity index (χ0) is 14.1. The summed E-state index contributed by atoms with van der Waals surface area (Å²) in [5.74, 6) is 0. The summed E-state index contributed by atoms with van der Waals surface area (Å²) in [6.07, 6.45) is 0. The first kappa shape index (κ1) is 12.3. The molecular weight excluding hydrogens is 274 g/mol. The van der Waals surface area contributed by atoms with Gasteiger partial charge >= 0.3 is 0 Å². The number of para-hydroxylation sites is 1. The van der Waals surface area contributed by atoms with Crippen molar-refractivity contribution in [3.05, 3.63) is 77.5 Å². The highest BCUT2D eigenvalue weighted by atomic mass is 32.1. The lowest BCUT2D eigenvalue weighted by atomic mass is 9.99. The van der Waals surface area contributed by atoms with E-state index in [1.165, 1.54) is 22.1 Å². The highest BCUT2D eigenvalue weighted by Gasteiger charge is 2.11. The van der Waals surface area contributed by atoms with Crippen LogP contribution in [0.1, 0.15) is 0 Å². The maximum absolute atomic E-state index is 4.90. The SMILES string of the molecule is c1ccc(-c2cc3ccccc3nc2-c2ccsc2)cc1. The first-order chi connectivity index (χ1) is 10.4. The second-order valence-electron chi connectivity index (χ2n) is 4.96. The molecular formula is C19H13NS. The maximum atomic E-state index is 4.90. The van der Waals surface area contributed by atoms with Crippen molar-refractivity contribution in [1.29, 1.82) is 0 Å². The topological polar surface area (TPSA) is 12.9 Å². The van der Waals surface area contributed by atoms with E-state index in [9.17, 15) is 0 Å². The summed E-state index contributed by atoms with van der Waals surface area (Å²) in [7, 11) is 0. The molecule has 0 unspecified atom stereocenters. The van der Waals surface area contributed by atoms with Crippen LogP contribution in [-0.4, -0.2) is 4.98 Å². The van der Waals surface area contributed by atoms with Crippen LogP contribution in [0, 0.1) is 0 Å². The van der Waals surface area contributed by atoms with Gasteiger partial charge in [-0.1, -0.05) is 48.5 Å². The Morgan fingerprint density at radius 3 is 2.38 bits per heavy atom. The van der Waals surface area contributed by atoms with E-state index in [1.807, 2.05) is 12.1 Å². The normalized spacial score (nSPS) is 10.9. The zero-order valence-electron chi connectivity index (χ0n) is 11.4. The van der Waals surface area contributed by atoms with E-state index in [1.54, 1.807) is 11.3 Å². The minimum absolute atomic E-state index is 1.04. The van der Waals surface area contributed by atoms with Gasteiger partial charge in [-0.05, 0) is 29.1 Å². The molecule has 1 nitrogen and oxygen atoms in total. The number of hydrogen-bond acceptors (Lipinski definition) is 2. The Balaban J connectivity index is 2.05. The minimum Gasteiger partial charge on any atom is -0.247 e. The lowest BCUT2D eigenvalue weighted by molar-refractivity contribution is 1.40. The highest BCUT2D eigenvalue weighted by molar-refractivity contribution is 7.08. The number of nitrogens with zero attached hydrogens (tertiary/aromatic N) is 1. The minimum atomic E-state index is 1.04. The summed E-state index contributed by atoms with van der Waals surface area (Å²) in [5.41, 5.74) is 5.67. The van der Waals surface area contributed by atoms with Gasteiger partial charge in [-0.3, -0.25) is 0 Å². The third kappa shape index (κ3) is 2.24. The molecule has 0 saturated carbocycles. The Labute approximate surface area is 127 Å². The number of pyridine rings is 1. The van der Waals surface area contributed by atoms with Gasteiger partial charge in [0, 0.05) is 21.9 Å². The summed E-state index contributed by atoms with van der Waals surface area (Å²) in [4.78, 5) is 4.90. The summed E-state index contributed by atoms with van der Waals surface area (Å²) in [5, 5.41) is 5.43. The van der Waals surface area contributed by atoms with Crippen molar-refractivity contribution in [1.82, 2.24) is 4.98 Å². The number of hydrogen-bond donors (Lipinski definition) is 0. The molecule has 0 N–H and O–H groups in total. The van der Waals surface area contributed by atoms with Gasteiger partial charge in [0.05, 0.1) is 11.2 Å². The molecule has 0 aliphatic rings. The van der Waals surface area contributed by atoms with Crippen molar-refractivity contribution in [3.8, 4) is 22.4 Å². The molecule has 0 amide bonds. The van der Waals surface area contributed by atoms with Gasteiger partial charge in [-0.25, -0.2) is 4.98 Å². The van der Waals surface area contributed by atoms with Crippen LogP contribution in [0.2, 0.25) is 0 Å². The molecule has 0 aliphatic heterocycles. The van der Waals surface area contributed by atoms with Crippen LogP contribution in [0.15, 0.2) is 77.5 Å². The second-order valence-corrected chi connectivity index (χ2v) is 5.74. The number of thiophene rings is 1. The summed E-state index contributed by atoms with van der Waals surface area (Å²) >= 11 is 1.70.